The molecule has 1 aliphatic heterocycles. The Morgan fingerprint density at radius 2 is 2.12 bits per heavy atom. The van der Waals surface area contributed by atoms with Crippen LogP contribution in [-0.2, 0) is 16.1 Å². The van der Waals surface area contributed by atoms with Gasteiger partial charge < -0.3 is 4.74 Å². The molecule has 1 aromatic rings. The fraction of sp³-hybridized carbons (Fsp3) is 0.400. The molecule has 2 heteroatoms. The summed E-state index contributed by atoms with van der Waals surface area (Å²) in [5.41, 5.74) is 2.33. The number of rotatable bonds is 1. The number of hydrogen-bond acceptors (Lipinski definition) is 2. The number of carbonyl (C=O) groups is 1. The minimum absolute atomic E-state index is 0.0553. The second kappa shape index (κ2) is 4.36. The zero-order valence-electron chi connectivity index (χ0n) is 9.76. The lowest BCUT2D eigenvalue weighted by Crippen LogP contribution is -2.28. The monoisotopic (exact) mass is 228 g/mol. The third-order valence-corrected chi connectivity index (χ3v) is 3.73. The number of benzene rings is 1. The molecule has 0 saturated heterocycles. The standard InChI is InChI=1S/C15H16O2/c16-15-14(11-6-2-1-3-7-11)13-9-5-4-8-12(13)10-17-15/h2,4-6,8-9,11,14H,1,3,7,10H2. The minimum atomic E-state index is -0.0866. The Bertz CT molecular complexity index is 462. The van der Waals surface area contributed by atoms with E-state index in [-0.39, 0.29) is 11.9 Å². The smallest absolute Gasteiger partial charge is 0.314 e. The molecule has 0 N–H and O–H groups in total. The highest BCUT2D eigenvalue weighted by Gasteiger charge is 2.34. The molecule has 0 spiro atoms. The molecule has 88 valence electrons. The summed E-state index contributed by atoms with van der Waals surface area (Å²) in [7, 11) is 0. The normalized spacial score (nSPS) is 27.4. The van der Waals surface area contributed by atoms with Crippen molar-refractivity contribution in [1.82, 2.24) is 0 Å². The van der Waals surface area contributed by atoms with Crippen molar-refractivity contribution >= 4 is 5.97 Å². The number of carbonyl (C=O) groups excluding carboxylic acids is 1. The van der Waals surface area contributed by atoms with E-state index in [4.69, 9.17) is 4.74 Å². The molecular formula is C15H16O2. The zero-order chi connectivity index (χ0) is 11.7. The second-order valence-electron chi connectivity index (χ2n) is 4.81. The molecule has 0 saturated carbocycles. The van der Waals surface area contributed by atoms with Crippen LogP contribution < -0.4 is 0 Å². The lowest BCUT2D eigenvalue weighted by molar-refractivity contribution is -0.149. The van der Waals surface area contributed by atoms with E-state index >= 15 is 0 Å². The quantitative estimate of drug-likeness (QED) is 0.545. The van der Waals surface area contributed by atoms with Crippen molar-refractivity contribution in [3.63, 3.8) is 0 Å². The van der Waals surface area contributed by atoms with Gasteiger partial charge in [-0.15, -0.1) is 0 Å². The molecule has 0 radical (unpaired) electrons. The summed E-state index contributed by atoms with van der Waals surface area (Å²) in [6.45, 7) is 0.432. The Balaban J connectivity index is 2.00. The number of cyclic esters (lactones) is 1. The van der Waals surface area contributed by atoms with Crippen LogP contribution in [0.4, 0.5) is 0 Å². The van der Waals surface area contributed by atoms with Crippen molar-refractivity contribution in [3.05, 3.63) is 47.5 Å². The first-order valence-electron chi connectivity index (χ1n) is 6.27. The van der Waals surface area contributed by atoms with Crippen molar-refractivity contribution in [2.75, 3.05) is 0 Å². The Morgan fingerprint density at radius 3 is 2.94 bits per heavy atom. The highest BCUT2D eigenvalue weighted by atomic mass is 16.5. The Hall–Kier alpha value is -1.57. The van der Waals surface area contributed by atoms with Crippen LogP contribution in [0, 0.1) is 5.92 Å². The highest BCUT2D eigenvalue weighted by molar-refractivity contribution is 5.81. The molecule has 0 bridgehead atoms. The molecule has 2 aliphatic rings. The number of ether oxygens (including phenoxy) is 1. The molecule has 0 fully saturated rings. The van der Waals surface area contributed by atoms with E-state index in [9.17, 15) is 4.79 Å². The lowest BCUT2D eigenvalue weighted by Gasteiger charge is -2.30. The van der Waals surface area contributed by atoms with Crippen LogP contribution in [0.5, 0.6) is 0 Å². The van der Waals surface area contributed by atoms with Crippen molar-refractivity contribution in [3.8, 4) is 0 Å². The SMILES string of the molecule is O=C1OCc2ccccc2C1C1C=CCCC1. The first kappa shape index (κ1) is 10.6. The molecule has 1 heterocycles. The molecule has 2 unspecified atom stereocenters. The summed E-state index contributed by atoms with van der Waals surface area (Å²) >= 11 is 0. The van der Waals surface area contributed by atoms with Gasteiger partial charge in [0, 0.05) is 0 Å². The van der Waals surface area contributed by atoms with Gasteiger partial charge in [-0.25, -0.2) is 0 Å². The van der Waals surface area contributed by atoms with Gasteiger partial charge in [-0.1, -0.05) is 36.4 Å². The molecule has 17 heavy (non-hydrogen) atoms. The first-order chi connectivity index (χ1) is 8.36. The number of fused-ring (bicyclic) bond motifs is 1. The molecule has 0 amide bonds. The van der Waals surface area contributed by atoms with Gasteiger partial charge in [0.05, 0.1) is 5.92 Å². The van der Waals surface area contributed by atoms with Crippen LogP contribution in [0.2, 0.25) is 0 Å². The Labute approximate surface area is 101 Å². The molecule has 0 aromatic heterocycles. The van der Waals surface area contributed by atoms with Crippen LogP contribution in [0.1, 0.15) is 36.3 Å². The molecule has 2 atom stereocenters. The van der Waals surface area contributed by atoms with Gasteiger partial charge >= 0.3 is 5.97 Å². The average molecular weight is 228 g/mol. The Morgan fingerprint density at radius 1 is 1.24 bits per heavy atom. The van der Waals surface area contributed by atoms with E-state index in [0.717, 1.165) is 18.4 Å². The van der Waals surface area contributed by atoms with Gasteiger partial charge in [-0.3, -0.25) is 4.79 Å². The van der Waals surface area contributed by atoms with E-state index in [1.54, 1.807) is 0 Å². The van der Waals surface area contributed by atoms with Gasteiger partial charge in [0.15, 0.2) is 0 Å². The predicted octanol–water partition coefficient (Wildman–Crippen LogP) is 3.18. The third-order valence-electron chi connectivity index (χ3n) is 3.73. The third kappa shape index (κ3) is 1.88. The van der Waals surface area contributed by atoms with Crippen LogP contribution in [0.25, 0.3) is 0 Å². The van der Waals surface area contributed by atoms with E-state index in [0.29, 0.717) is 12.5 Å². The van der Waals surface area contributed by atoms with Gasteiger partial charge in [0.2, 0.25) is 0 Å². The van der Waals surface area contributed by atoms with Crippen molar-refractivity contribution < 1.29 is 9.53 Å². The van der Waals surface area contributed by atoms with Crippen LogP contribution >= 0.6 is 0 Å². The number of allylic oxidation sites excluding steroid dienone is 2. The fourth-order valence-corrected chi connectivity index (χ4v) is 2.86. The van der Waals surface area contributed by atoms with E-state index in [1.807, 2.05) is 12.1 Å². The maximum absolute atomic E-state index is 12.0. The maximum Gasteiger partial charge on any atom is 0.314 e. The summed E-state index contributed by atoms with van der Waals surface area (Å²) < 4.78 is 5.30. The highest BCUT2D eigenvalue weighted by Crippen LogP contribution is 2.37. The zero-order valence-corrected chi connectivity index (χ0v) is 9.76. The summed E-state index contributed by atoms with van der Waals surface area (Å²) in [4.78, 5) is 12.0. The summed E-state index contributed by atoms with van der Waals surface area (Å²) in [5.74, 6) is 0.175. The van der Waals surface area contributed by atoms with E-state index in [1.165, 1.54) is 12.0 Å². The first-order valence-corrected chi connectivity index (χ1v) is 6.27. The summed E-state index contributed by atoms with van der Waals surface area (Å²) in [5, 5.41) is 0. The van der Waals surface area contributed by atoms with E-state index in [2.05, 4.69) is 24.3 Å². The van der Waals surface area contributed by atoms with Gasteiger partial charge in [0.25, 0.3) is 0 Å². The summed E-state index contributed by atoms with van der Waals surface area (Å²) in [6, 6.07) is 8.15. The van der Waals surface area contributed by atoms with Gasteiger partial charge in [-0.05, 0) is 36.3 Å². The topological polar surface area (TPSA) is 26.3 Å². The Kier molecular flexibility index (Phi) is 2.71. The molecule has 1 aliphatic carbocycles. The molecular weight excluding hydrogens is 212 g/mol. The summed E-state index contributed by atoms with van der Waals surface area (Å²) in [6.07, 6.45) is 7.79. The van der Waals surface area contributed by atoms with E-state index < -0.39 is 0 Å². The molecule has 2 nitrogen and oxygen atoms in total. The molecule has 1 aromatic carbocycles. The largest absolute Gasteiger partial charge is 0.460 e. The second-order valence-corrected chi connectivity index (χ2v) is 4.81. The number of hydrogen-bond donors (Lipinski definition) is 0. The van der Waals surface area contributed by atoms with Crippen molar-refractivity contribution in [2.45, 2.75) is 31.8 Å². The van der Waals surface area contributed by atoms with Crippen molar-refractivity contribution in [1.29, 1.82) is 0 Å². The van der Waals surface area contributed by atoms with Crippen LogP contribution in [-0.4, -0.2) is 5.97 Å². The maximum atomic E-state index is 12.0. The van der Waals surface area contributed by atoms with Gasteiger partial charge in [0.1, 0.15) is 6.61 Å². The van der Waals surface area contributed by atoms with Gasteiger partial charge in [-0.2, -0.15) is 0 Å². The van der Waals surface area contributed by atoms with Crippen molar-refractivity contribution in [2.24, 2.45) is 5.92 Å². The molecule has 3 rings (SSSR count). The van der Waals surface area contributed by atoms with Crippen LogP contribution in [0.15, 0.2) is 36.4 Å². The predicted molar refractivity (Wildman–Crippen MR) is 65.5 cm³/mol. The average Bonchev–Trinajstić information content (AvgIpc) is 2.39. The lowest BCUT2D eigenvalue weighted by atomic mass is 9.78. The fourth-order valence-electron chi connectivity index (χ4n) is 2.86. The minimum Gasteiger partial charge on any atom is -0.460 e. The van der Waals surface area contributed by atoms with Crippen LogP contribution in [0.3, 0.4) is 0 Å². The number of esters is 1.